The van der Waals surface area contributed by atoms with E-state index in [4.69, 9.17) is 9.15 Å². The summed E-state index contributed by atoms with van der Waals surface area (Å²) >= 11 is 4.92. The zero-order valence-corrected chi connectivity index (χ0v) is 18.6. The van der Waals surface area contributed by atoms with Gasteiger partial charge in [0.15, 0.2) is 11.0 Å². The lowest BCUT2D eigenvalue weighted by Crippen LogP contribution is -2.03. The van der Waals surface area contributed by atoms with Gasteiger partial charge in [-0.25, -0.2) is 4.79 Å². The molecule has 0 unspecified atom stereocenters. The Hall–Kier alpha value is -2.84. The number of hydrogen-bond acceptors (Lipinski definition) is 6. The van der Waals surface area contributed by atoms with Gasteiger partial charge >= 0.3 is 5.63 Å². The lowest BCUT2D eigenvalue weighted by Gasteiger charge is -2.11. The van der Waals surface area contributed by atoms with Crippen LogP contribution in [0.15, 0.2) is 80.0 Å². The number of methoxy groups -OCH3 is 1. The minimum absolute atomic E-state index is 0.376. The number of aromatic nitrogens is 3. The molecule has 0 radical (unpaired) electrons. The Balaban J connectivity index is 1.70. The highest BCUT2D eigenvalue weighted by Crippen LogP contribution is 2.32. The van der Waals surface area contributed by atoms with Gasteiger partial charge in [-0.2, -0.15) is 0 Å². The third-order valence-electron chi connectivity index (χ3n) is 4.53. The molecule has 2 aromatic carbocycles. The number of halogens is 1. The van der Waals surface area contributed by atoms with Crippen molar-refractivity contribution >= 4 is 38.7 Å². The molecule has 2 aromatic heterocycles. The van der Waals surface area contributed by atoms with Crippen LogP contribution >= 0.6 is 27.7 Å². The first-order valence-corrected chi connectivity index (χ1v) is 10.9. The highest BCUT2D eigenvalue weighted by atomic mass is 79.9. The first-order chi connectivity index (χ1) is 14.6. The molecule has 8 heteroatoms. The molecule has 0 aliphatic carbocycles. The number of thioether (sulfide) groups is 1. The maximum atomic E-state index is 12.0. The van der Waals surface area contributed by atoms with Crippen molar-refractivity contribution < 1.29 is 9.15 Å². The number of para-hydroxylation sites is 1. The van der Waals surface area contributed by atoms with Gasteiger partial charge in [-0.15, -0.1) is 16.8 Å². The predicted molar refractivity (Wildman–Crippen MR) is 122 cm³/mol. The molecule has 30 heavy (non-hydrogen) atoms. The number of nitrogens with zero attached hydrogens (tertiary/aromatic N) is 3. The SMILES string of the molecule is C=CCn1c(SCc2cc(=O)oc3cc(Br)ccc23)nnc1-c1ccccc1OC. The Morgan fingerprint density at radius 3 is 2.87 bits per heavy atom. The van der Waals surface area contributed by atoms with Crippen LogP contribution in [0.25, 0.3) is 22.4 Å². The zero-order chi connectivity index (χ0) is 21.1. The fraction of sp³-hybridized carbons (Fsp3) is 0.136. The van der Waals surface area contributed by atoms with E-state index in [-0.39, 0.29) is 5.63 Å². The van der Waals surface area contributed by atoms with E-state index in [0.29, 0.717) is 23.7 Å². The van der Waals surface area contributed by atoms with E-state index >= 15 is 0 Å². The van der Waals surface area contributed by atoms with Gasteiger partial charge in [0, 0.05) is 28.2 Å². The second kappa shape index (κ2) is 8.89. The molecule has 0 N–H and O–H groups in total. The first-order valence-electron chi connectivity index (χ1n) is 9.13. The van der Waals surface area contributed by atoms with Crippen LogP contribution in [0.4, 0.5) is 0 Å². The van der Waals surface area contributed by atoms with Gasteiger partial charge in [-0.05, 0) is 35.9 Å². The van der Waals surface area contributed by atoms with Gasteiger partial charge in [0.1, 0.15) is 11.3 Å². The highest BCUT2D eigenvalue weighted by molar-refractivity contribution is 9.10. The topological polar surface area (TPSA) is 70.2 Å². The average molecular weight is 484 g/mol. The van der Waals surface area contributed by atoms with E-state index < -0.39 is 0 Å². The number of benzene rings is 2. The van der Waals surface area contributed by atoms with Crippen molar-refractivity contribution in [3.05, 3.63) is 81.6 Å². The zero-order valence-electron chi connectivity index (χ0n) is 16.2. The summed E-state index contributed by atoms with van der Waals surface area (Å²) in [6.45, 7) is 4.41. The van der Waals surface area contributed by atoms with Crippen LogP contribution in [0.1, 0.15) is 5.56 Å². The summed E-state index contributed by atoms with van der Waals surface area (Å²) in [5.41, 5.74) is 1.91. The minimum Gasteiger partial charge on any atom is -0.496 e. The molecule has 152 valence electrons. The Morgan fingerprint density at radius 1 is 1.23 bits per heavy atom. The molecular weight excluding hydrogens is 466 g/mol. The largest absolute Gasteiger partial charge is 0.496 e. The summed E-state index contributed by atoms with van der Waals surface area (Å²) in [6.07, 6.45) is 1.80. The number of ether oxygens (including phenoxy) is 1. The van der Waals surface area contributed by atoms with Gasteiger partial charge in [-0.1, -0.05) is 45.9 Å². The molecule has 4 aromatic rings. The molecule has 4 rings (SSSR count). The Morgan fingerprint density at radius 2 is 2.07 bits per heavy atom. The van der Waals surface area contributed by atoms with Crippen LogP contribution < -0.4 is 10.4 Å². The molecule has 0 saturated carbocycles. The summed E-state index contributed by atoms with van der Waals surface area (Å²) in [5, 5.41) is 10.4. The van der Waals surface area contributed by atoms with Crippen LogP contribution in [0.5, 0.6) is 5.75 Å². The molecule has 0 amide bonds. The summed E-state index contributed by atoms with van der Waals surface area (Å²) < 4.78 is 13.7. The molecule has 0 aliphatic heterocycles. The van der Waals surface area contributed by atoms with Crippen molar-refractivity contribution in [3.63, 3.8) is 0 Å². The molecule has 0 bridgehead atoms. The fourth-order valence-corrected chi connectivity index (χ4v) is 4.46. The Bertz CT molecular complexity index is 1280. The van der Waals surface area contributed by atoms with Crippen molar-refractivity contribution in [2.45, 2.75) is 17.5 Å². The van der Waals surface area contributed by atoms with Crippen molar-refractivity contribution in [3.8, 4) is 17.1 Å². The fourth-order valence-electron chi connectivity index (χ4n) is 3.18. The van der Waals surface area contributed by atoms with Crippen LogP contribution in [-0.2, 0) is 12.3 Å². The normalized spacial score (nSPS) is 11.0. The third kappa shape index (κ3) is 4.06. The Labute approximate surface area is 185 Å². The van der Waals surface area contributed by atoms with Crippen molar-refractivity contribution in [1.29, 1.82) is 0 Å². The van der Waals surface area contributed by atoms with E-state index in [1.54, 1.807) is 19.3 Å². The number of rotatable bonds is 7. The highest BCUT2D eigenvalue weighted by Gasteiger charge is 2.17. The number of hydrogen-bond donors (Lipinski definition) is 0. The van der Waals surface area contributed by atoms with E-state index in [2.05, 4.69) is 32.7 Å². The summed E-state index contributed by atoms with van der Waals surface area (Å²) in [6, 6.07) is 14.9. The van der Waals surface area contributed by atoms with Gasteiger partial charge in [0.2, 0.25) is 0 Å². The van der Waals surface area contributed by atoms with Crippen LogP contribution in [-0.4, -0.2) is 21.9 Å². The quantitative estimate of drug-likeness (QED) is 0.201. The van der Waals surface area contributed by atoms with Crippen LogP contribution in [0.2, 0.25) is 0 Å². The maximum absolute atomic E-state index is 12.0. The van der Waals surface area contributed by atoms with Crippen molar-refractivity contribution in [2.75, 3.05) is 7.11 Å². The first kappa shape index (κ1) is 20.4. The van der Waals surface area contributed by atoms with Gasteiger partial charge in [0.25, 0.3) is 0 Å². The summed E-state index contributed by atoms with van der Waals surface area (Å²) in [4.78, 5) is 12.0. The van der Waals surface area contributed by atoms with E-state index in [0.717, 1.165) is 31.9 Å². The second-order valence-corrected chi connectivity index (χ2v) is 8.28. The van der Waals surface area contributed by atoms with Gasteiger partial charge in [0.05, 0.1) is 12.7 Å². The second-order valence-electron chi connectivity index (χ2n) is 6.43. The third-order valence-corrected chi connectivity index (χ3v) is 6.03. The van der Waals surface area contributed by atoms with E-state index in [9.17, 15) is 4.79 Å². The molecule has 2 heterocycles. The number of allylic oxidation sites excluding steroid dienone is 1. The van der Waals surface area contributed by atoms with E-state index in [1.165, 1.54) is 17.8 Å². The van der Waals surface area contributed by atoms with E-state index in [1.807, 2.05) is 41.0 Å². The molecule has 0 aliphatic rings. The minimum atomic E-state index is -0.376. The molecular formula is C22H18BrN3O3S. The van der Waals surface area contributed by atoms with Crippen molar-refractivity contribution in [2.24, 2.45) is 0 Å². The standard InChI is InChI=1S/C22H18BrN3O3S/c1-3-10-26-21(17-6-4-5-7-18(17)28-2)24-25-22(26)30-13-14-11-20(27)29-19-12-15(23)8-9-16(14)19/h3-9,11-12H,1,10,13H2,2H3. The molecule has 0 atom stereocenters. The smallest absolute Gasteiger partial charge is 0.336 e. The number of fused-ring (bicyclic) bond motifs is 1. The lowest BCUT2D eigenvalue weighted by atomic mass is 10.1. The maximum Gasteiger partial charge on any atom is 0.336 e. The van der Waals surface area contributed by atoms with Crippen LogP contribution in [0, 0.1) is 0 Å². The van der Waals surface area contributed by atoms with Crippen LogP contribution in [0.3, 0.4) is 0 Å². The molecule has 0 spiro atoms. The average Bonchev–Trinajstić information content (AvgIpc) is 3.14. The molecule has 0 saturated heterocycles. The lowest BCUT2D eigenvalue weighted by molar-refractivity contribution is 0.416. The monoisotopic (exact) mass is 483 g/mol. The Kier molecular flexibility index (Phi) is 6.06. The predicted octanol–water partition coefficient (Wildman–Crippen LogP) is 5.30. The molecule has 0 fully saturated rings. The summed E-state index contributed by atoms with van der Waals surface area (Å²) in [5.74, 6) is 1.98. The van der Waals surface area contributed by atoms with Crippen molar-refractivity contribution in [1.82, 2.24) is 14.8 Å². The molecule has 6 nitrogen and oxygen atoms in total. The van der Waals surface area contributed by atoms with Gasteiger partial charge < -0.3 is 9.15 Å². The van der Waals surface area contributed by atoms with Gasteiger partial charge in [-0.3, -0.25) is 4.57 Å². The summed E-state index contributed by atoms with van der Waals surface area (Å²) in [7, 11) is 1.63.